The second kappa shape index (κ2) is 2.31. The first-order valence-corrected chi connectivity index (χ1v) is 3.56. The van der Waals surface area contributed by atoms with Crippen molar-refractivity contribution in [2.24, 2.45) is 0 Å². The molecule has 2 nitrogen and oxygen atoms in total. The largest absolute Gasteiger partial charge is 0.232 e. The van der Waals surface area contributed by atoms with E-state index >= 15 is 0 Å². The molecule has 11 heavy (non-hydrogen) atoms. The van der Waals surface area contributed by atoms with Crippen molar-refractivity contribution in [1.82, 2.24) is 9.97 Å². The molecule has 2 aliphatic rings. The fraction of sp³-hybridized carbons (Fsp3) is 0.111. The number of imidazole rings is 1. The molecular formula is C9H8N2. The quantitative estimate of drug-likeness (QED) is 0.564. The zero-order chi connectivity index (χ0) is 7.68. The normalized spacial score (nSPS) is 10.3. The molecule has 0 amide bonds. The minimum Gasteiger partial charge on any atom is -0.232 e. The molecule has 0 aromatic rings. The molecule has 0 N–H and O–H groups in total. The molecule has 0 spiro atoms. The summed E-state index contributed by atoms with van der Waals surface area (Å²) in [5, 5.41) is 0. The fourth-order valence-corrected chi connectivity index (χ4v) is 1.09. The lowest BCUT2D eigenvalue weighted by Gasteiger charge is -1.81. The number of fused-ring (bicyclic) bond motifs is 1. The number of hydrogen-bond donors (Lipinski definition) is 0. The van der Waals surface area contributed by atoms with Crippen molar-refractivity contribution in [2.45, 2.75) is 6.92 Å². The molecule has 0 unspecified atom stereocenters. The highest BCUT2D eigenvalue weighted by Gasteiger charge is 2.03. The molecule has 2 heteroatoms. The molecule has 1 aliphatic heterocycles. The van der Waals surface area contributed by atoms with Crippen LogP contribution in [-0.4, -0.2) is 9.97 Å². The van der Waals surface area contributed by atoms with Crippen molar-refractivity contribution in [3.05, 3.63) is 36.2 Å². The molecule has 0 atom stereocenters. The second-order valence-electron chi connectivity index (χ2n) is 2.45. The topological polar surface area (TPSA) is 25.8 Å². The van der Waals surface area contributed by atoms with Crippen LogP contribution < -0.4 is 0 Å². The van der Waals surface area contributed by atoms with Crippen molar-refractivity contribution < 1.29 is 0 Å². The molecule has 0 bridgehead atoms. The highest BCUT2D eigenvalue weighted by Crippen LogP contribution is 2.15. The van der Waals surface area contributed by atoms with Crippen molar-refractivity contribution in [3.8, 4) is 11.4 Å². The van der Waals surface area contributed by atoms with Gasteiger partial charge in [-0.2, -0.15) is 0 Å². The van der Waals surface area contributed by atoms with E-state index < -0.39 is 0 Å². The molecule has 2 rings (SSSR count). The van der Waals surface area contributed by atoms with Crippen LogP contribution in [0.4, 0.5) is 0 Å². The van der Waals surface area contributed by atoms with Crippen LogP contribution in [0.15, 0.2) is 30.3 Å². The van der Waals surface area contributed by atoms with E-state index in [2.05, 4.69) is 9.97 Å². The molecule has 0 aromatic carbocycles. The molecule has 0 aromatic heterocycles. The number of nitrogens with zero attached hydrogens (tertiary/aromatic N) is 2. The summed E-state index contributed by atoms with van der Waals surface area (Å²) in [5.41, 5.74) is 1.93. The van der Waals surface area contributed by atoms with Gasteiger partial charge in [-0.3, -0.25) is 0 Å². The zero-order valence-electron chi connectivity index (χ0n) is 6.28. The van der Waals surface area contributed by atoms with Crippen LogP contribution in [0, 0.1) is 6.92 Å². The SMILES string of the molecule is Cc1nc2cccccc-2n1. The van der Waals surface area contributed by atoms with Crippen molar-refractivity contribution in [1.29, 1.82) is 0 Å². The van der Waals surface area contributed by atoms with E-state index in [9.17, 15) is 0 Å². The summed E-state index contributed by atoms with van der Waals surface area (Å²) in [6.07, 6.45) is 0. The Hall–Kier alpha value is -1.44. The van der Waals surface area contributed by atoms with Gasteiger partial charge in [0.1, 0.15) is 5.82 Å². The van der Waals surface area contributed by atoms with E-state index in [1.807, 2.05) is 37.3 Å². The molecule has 0 saturated carbocycles. The lowest BCUT2D eigenvalue weighted by atomic mass is 10.3. The first kappa shape index (κ1) is 6.28. The summed E-state index contributed by atoms with van der Waals surface area (Å²) in [5.74, 6) is 0.839. The highest BCUT2D eigenvalue weighted by molar-refractivity contribution is 5.55. The molecule has 1 heterocycles. The first-order chi connectivity index (χ1) is 5.36. The van der Waals surface area contributed by atoms with E-state index in [4.69, 9.17) is 0 Å². The lowest BCUT2D eigenvalue weighted by molar-refractivity contribution is 1.16. The van der Waals surface area contributed by atoms with Gasteiger partial charge in [0.15, 0.2) is 0 Å². The predicted molar refractivity (Wildman–Crippen MR) is 43.4 cm³/mol. The molecule has 1 aliphatic carbocycles. The summed E-state index contributed by atoms with van der Waals surface area (Å²) in [6, 6.07) is 9.84. The van der Waals surface area contributed by atoms with Crippen molar-refractivity contribution in [3.63, 3.8) is 0 Å². The maximum Gasteiger partial charge on any atom is 0.126 e. The van der Waals surface area contributed by atoms with Gasteiger partial charge < -0.3 is 0 Å². The van der Waals surface area contributed by atoms with Crippen LogP contribution in [0.5, 0.6) is 0 Å². The Morgan fingerprint density at radius 2 is 1.45 bits per heavy atom. The molecule has 54 valence electrons. The summed E-state index contributed by atoms with van der Waals surface area (Å²) < 4.78 is 0. The smallest absolute Gasteiger partial charge is 0.126 e. The standard InChI is InChI=1S/C9H8N2/c1-7-10-8-5-3-2-4-6-9(8)11-7/h2-6H,1H3. The molecule has 0 radical (unpaired) electrons. The van der Waals surface area contributed by atoms with Gasteiger partial charge in [0, 0.05) is 0 Å². The summed E-state index contributed by atoms with van der Waals surface area (Å²) in [7, 11) is 0. The van der Waals surface area contributed by atoms with E-state index in [-0.39, 0.29) is 0 Å². The van der Waals surface area contributed by atoms with Gasteiger partial charge in [-0.1, -0.05) is 18.2 Å². The average molecular weight is 144 g/mol. The third-order valence-electron chi connectivity index (χ3n) is 1.56. The number of hydrogen-bond acceptors (Lipinski definition) is 2. The number of rotatable bonds is 0. The summed E-state index contributed by atoms with van der Waals surface area (Å²) in [6.45, 7) is 1.90. The third kappa shape index (κ3) is 1.07. The van der Waals surface area contributed by atoms with E-state index in [1.54, 1.807) is 0 Å². The Bertz CT molecular complexity index is 313. The van der Waals surface area contributed by atoms with Gasteiger partial charge in [0.2, 0.25) is 0 Å². The summed E-state index contributed by atoms with van der Waals surface area (Å²) in [4.78, 5) is 8.48. The number of aromatic nitrogens is 2. The van der Waals surface area contributed by atoms with Crippen molar-refractivity contribution >= 4 is 0 Å². The van der Waals surface area contributed by atoms with Gasteiger partial charge in [-0.25, -0.2) is 9.97 Å². The number of aryl methyl sites for hydroxylation is 1. The lowest BCUT2D eigenvalue weighted by Crippen LogP contribution is -1.67. The van der Waals surface area contributed by atoms with Crippen LogP contribution in [0.25, 0.3) is 11.4 Å². The maximum atomic E-state index is 4.24. The van der Waals surface area contributed by atoms with Gasteiger partial charge in [-0.05, 0) is 19.1 Å². The van der Waals surface area contributed by atoms with Crippen LogP contribution in [0.2, 0.25) is 0 Å². The van der Waals surface area contributed by atoms with E-state index in [0.717, 1.165) is 17.2 Å². The van der Waals surface area contributed by atoms with Gasteiger partial charge in [0.05, 0.1) is 11.4 Å². The van der Waals surface area contributed by atoms with Gasteiger partial charge >= 0.3 is 0 Å². The predicted octanol–water partition coefficient (Wildman–Crippen LogP) is 1.89. The minimum absolute atomic E-state index is 0.839. The van der Waals surface area contributed by atoms with Gasteiger partial charge in [0.25, 0.3) is 0 Å². The van der Waals surface area contributed by atoms with Crippen molar-refractivity contribution in [2.75, 3.05) is 0 Å². The third-order valence-corrected chi connectivity index (χ3v) is 1.56. The Balaban J connectivity index is 2.73. The first-order valence-electron chi connectivity index (χ1n) is 3.56. The maximum absolute atomic E-state index is 4.24. The Labute approximate surface area is 65.3 Å². The van der Waals surface area contributed by atoms with Crippen LogP contribution in [0.3, 0.4) is 0 Å². The Morgan fingerprint density at radius 1 is 0.909 bits per heavy atom. The Morgan fingerprint density at radius 3 is 2.00 bits per heavy atom. The van der Waals surface area contributed by atoms with Gasteiger partial charge in [-0.15, -0.1) is 0 Å². The molecular weight excluding hydrogens is 136 g/mol. The highest BCUT2D eigenvalue weighted by atomic mass is 14.9. The van der Waals surface area contributed by atoms with Crippen LogP contribution in [-0.2, 0) is 0 Å². The fourth-order valence-electron chi connectivity index (χ4n) is 1.09. The zero-order valence-corrected chi connectivity index (χ0v) is 6.28. The van der Waals surface area contributed by atoms with E-state index in [1.165, 1.54) is 0 Å². The molecule has 0 saturated heterocycles. The van der Waals surface area contributed by atoms with Crippen LogP contribution >= 0.6 is 0 Å². The monoisotopic (exact) mass is 144 g/mol. The van der Waals surface area contributed by atoms with E-state index in [0.29, 0.717) is 0 Å². The Kier molecular flexibility index (Phi) is 1.32. The minimum atomic E-state index is 0.839. The van der Waals surface area contributed by atoms with Crippen LogP contribution in [0.1, 0.15) is 5.82 Å². The second-order valence-corrected chi connectivity index (χ2v) is 2.45. The average Bonchev–Trinajstić information content (AvgIpc) is 2.17. The summed E-state index contributed by atoms with van der Waals surface area (Å²) >= 11 is 0. The molecule has 0 fully saturated rings.